The molecular weight excluding hydrogens is 354 g/mol. The molecule has 1 amide bonds. The Morgan fingerprint density at radius 1 is 1.11 bits per heavy atom. The first-order chi connectivity index (χ1) is 13.5. The lowest BCUT2D eigenvalue weighted by atomic mass is 10.00. The van der Waals surface area contributed by atoms with Crippen LogP contribution in [-0.4, -0.2) is 19.1 Å². The molecule has 0 aliphatic carbocycles. The third kappa shape index (κ3) is 5.22. The fraction of sp³-hybridized carbons (Fsp3) is 0.304. The van der Waals surface area contributed by atoms with Gasteiger partial charge in [0.15, 0.2) is 6.61 Å². The minimum Gasteiger partial charge on any atom is -0.484 e. The van der Waals surface area contributed by atoms with E-state index in [1.165, 1.54) is 11.6 Å². The molecule has 3 aromatic rings. The van der Waals surface area contributed by atoms with Gasteiger partial charge in [-0.2, -0.15) is 0 Å². The van der Waals surface area contributed by atoms with Gasteiger partial charge in [0, 0.05) is 24.1 Å². The zero-order chi connectivity index (χ0) is 19.9. The lowest BCUT2D eigenvalue weighted by Gasteiger charge is -2.11. The van der Waals surface area contributed by atoms with Gasteiger partial charge in [0.05, 0.1) is 0 Å². The van der Waals surface area contributed by atoms with Gasteiger partial charge in [0.2, 0.25) is 0 Å². The van der Waals surface area contributed by atoms with E-state index in [4.69, 9.17) is 9.15 Å². The molecule has 0 bridgehead atoms. The summed E-state index contributed by atoms with van der Waals surface area (Å²) in [6, 6.07) is 17.0. The summed E-state index contributed by atoms with van der Waals surface area (Å²) in [4.78, 5) is 23.7. The van der Waals surface area contributed by atoms with Gasteiger partial charge >= 0.3 is 5.63 Å². The molecular formula is C23H25NO4. The van der Waals surface area contributed by atoms with E-state index < -0.39 is 0 Å². The van der Waals surface area contributed by atoms with Crippen molar-refractivity contribution < 1.29 is 13.9 Å². The molecule has 0 radical (unpaired) electrons. The van der Waals surface area contributed by atoms with Crippen LogP contribution in [-0.2, 0) is 11.2 Å². The van der Waals surface area contributed by atoms with Gasteiger partial charge in [-0.3, -0.25) is 4.79 Å². The average molecular weight is 379 g/mol. The predicted molar refractivity (Wildman–Crippen MR) is 110 cm³/mol. The first kappa shape index (κ1) is 19.7. The maximum Gasteiger partial charge on any atom is 0.336 e. The molecule has 0 saturated carbocycles. The molecule has 1 heterocycles. The van der Waals surface area contributed by atoms with Crippen molar-refractivity contribution in [3.05, 3.63) is 76.1 Å². The molecule has 0 spiro atoms. The van der Waals surface area contributed by atoms with Gasteiger partial charge in [-0.05, 0) is 42.0 Å². The molecule has 5 heteroatoms. The largest absolute Gasteiger partial charge is 0.484 e. The second-order valence-corrected chi connectivity index (χ2v) is 7.06. The SMILES string of the molecule is CC(C)c1cc(=O)oc2cc(OCC(=O)NCCCc3ccccc3)ccc12. The number of nitrogens with one attached hydrogen (secondary N) is 1. The van der Waals surface area contributed by atoms with E-state index in [-0.39, 0.29) is 24.1 Å². The van der Waals surface area contributed by atoms with Crippen molar-refractivity contribution in [2.75, 3.05) is 13.2 Å². The number of benzene rings is 2. The highest BCUT2D eigenvalue weighted by molar-refractivity contribution is 5.82. The molecule has 1 N–H and O–H groups in total. The summed E-state index contributed by atoms with van der Waals surface area (Å²) in [7, 11) is 0. The zero-order valence-corrected chi connectivity index (χ0v) is 16.2. The van der Waals surface area contributed by atoms with E-state index in [9.17, 15) is 9.59 Å². The first-order valence-corrected chi connectivity index (χ1v) is 9.54. The Morgan fingerprint density at radius 3 is 2.64 bits per heavy atom. The van der Waals surface area contributed by atoms with Gasteiger partial charge in [0.25, 0.3) is 5.91 Å². The Bertz CT molecular complexity index is 992. The summed E-state index contributed by atoms with van der Waals surface area (Å²) in [6.07, 6.45) is 1.79. The third-order valence-electron chi connectivity index (χ3n) is 4.55. The van der Waals surface area contributed by atoms with Crippen LogP contribution in [0.1, 0.15) is 37.3 Å². The van der Waals surface area contributed by atoms with Crippen LogP contribution in [0.2, 0.25) is 0 Å². The number of hydrogen-bond donors (Lipinski definition) is 1. The van der Waals surface area contributed by atoms with Crippen LogP contribution >= 0.6 is 0 Å². The van der Waals surface area contributed by atoms with E-state index >= 15 is 0 Å². The van der Waals surface area contributed by atoms with Crippen LogP contribution in [0.3, 0.4) is 0 Å². The van der Waals surface area contributed by atoms with Crippen LogP contribution < -0.4 is 15.7 Å². The molecule has 0 aliphatic rings. The minimum atomic E-state index is -0.385. The molecule has 0 saturated heterocycles. The second kappa shape index (κ2) is 9.22. The number of aryl methyl sites for hydroxylation is 1. The van der Waals surface area contributed by atoms with E-state index in [1.807, 2.05) is 38.1 Å². The molecule has 5 nitrogen and oxygen atoms in total. The molecule has 3 rings (SSSR count). The summed E-state index contributed by atoms with van der Waals surface area (Å²) < 4.78 is 10.8. The fourth-order valence-corrected chi connectivity index (χ4v) is 3.10. The van der Waals surface area contributed by atoms with Crippen LogP contribution in [0.5, 0.6) is 5.75 Å². The maximum atomic E-state index is 12.0. The summed E-state index contributed by atoms with van der Waals surface area (Å²) in [5, 5.41) is 3.74. The lowest BCUT2D eigenvalue weighted by Crippen LogP contribution is -2.29. The Labute approximate surface area is 164 Å². The van der Waals surface area contributed by atoms with E-state index in [0.29, 0.717) is 17.9 Å². The van der Waals surface area contributed by atoms with E-state index in [2.05, 4.69) is 17.4 Å². The van der Waals surface area contributed by atoms with E-state index in [0.717, 1.165) is 23.8 Å². The summed E-state index contributed by atoms with van der Waals surface area (Å²) in [5.41, 5.74) is 2.28. The summed E-state index contributed by atoms with van der Waals surface area (Å²) in [5.74, 6) is 0.529. The number of hydrogen-bond acceptors (Lipinski definition) is 4. The van der Waals surface area contributed by atoms with Crippen LogP contribution in [0, 0.1) is 0 Å². The number of fused-ring (bicyclic) bond motifs is 1. The number of carbonyl (C=O) groups is 1. The molecule has 0 aliphatic heterocycles. The molecule has 146 valence electrons. The molecule has 2 aromatic carbocycles. The van der Waals surface area contributed by atoms with Gasteiger partial charge in [-0.25, -0.2) is 4.79 Å². The Morgan fingerprint density at radius 2 is 1.89 bits per heavy atom. The molecule has 28 heavy (non-hydrogen) atoms. The highest BCUT2D eigenvalue weighted by Gasteiger charge is 2.10. The fourth-order valence-electron chi connectivity index (χ4n) is 3.10. The molecule has 1 aromatic heterocycles. The Hall–Kier alpha value is -3.08. The maximum absolute atomic E-state index is 12.0. The smallest absolute Gasteiger partial charge is 0.336 e. The summed E-state index contributed by atoms with van der Waals surface area (Å²) in [6.45, 7) is 4.58. The first-order valence-electron chi connectivity index (χ1n) is 9.54. The summed E-state index contributed by atoms with van der Waals surface area (Å²) >= 11 is 0. The highest BCUT2D eigenvalue weighted by Crippen LogP contribution is 2.26. The lowest BCUT2D eigenvalue weighted by molar-refractivity contribution is -0.123. The third-order valence-corrected chi connectivity index (χ3v) is 4.55. The van der Waals surface area contributed by atoms with Crippen molar-refractivity contribution in [3.63, 3.8) is 0 Å². The van der Waals surface area contributed by atoms with Crippen molar-refractivity contribution in [2.45, 2.75) is 32.6 Å². The average Bonchev–Trinajstić information content (AvgIpc) is 2.69. The van der Waals surface area contributed by atoms with Crippen molar-refractivity contribution >= 4 is 16.9 Å². The van der Waals surface area contributed by atoms with Crippen molar-refractivity contribution in [1.82, 2.24) is 5.32 Å². The molecule has 0 fully saturated rings. The van der Waals surface area contributed by atoms with Crippen molar-refractivity contribution in [3.8, 4) is 5.75 Å². The molecule has 0 unspecified atom stereocenters. The standard InChI is InChI=1S/C23H25NO4/c1-16(2)20-14-23(26)28-21-13-18(10-11-19(20)21)27-15-22(25)24-12-6-9-17-7-4-3-5-8-17/h3-5,7-8,10-11,13-14,16H,6,9,12,15H2,1-2H3,(H,24,25). The quantitative estimate of drug-likeness (QED) is 0.474. The van der Waals surface area contributed by atoms with E-state index in [1.54, 1.807) is 12.1 Å². The predicted octanol–water partition coefficient (Wildman–Crippen LogP) is 4.04. The van der Waals surface area contributed by atoms with Crippen LogP contribution in [0.15, 0.2) is 63.8 Å². The van der Waals surface area contributed by atoms with Gasteiger partial charge < -0.3 is 14.5 Å². The number of ether oxygens (including phenoxy) is 1. The Balaban J connectivity index is 1.52. The Kier molecular flexibility index (Phi) is 6.48. The topological polar surface area (TPSA) is 68.5 Å². The zero-order valence-electron chi connectivity index (χ0n) is 16.2. The van der Waals surface area contributed by atoms with Crippen LogP contribution in [0.4, 0.5) is 0 Å². The highest BCUT2D eigenvalue weighted by atomic mass is 16.5. The van der Waals surface area contributed by atoms with Crippen LogP contribution in [0.25, 0.3) is 11.0 Å². The van der Waals surface area contributed by atoms with Gasteiger partial charge in [-0.1, -0.05) is 44.2 Å². The van der Waals surface area contributed by atoms with Gasteiger partial charge in [-0.15, -0.1) is 0 Å². The second-order valence-electron chi connectivity index (χ2n) is 7.06. The molecule has 0 atom stereocenters. The van der Waals surface area contributed by atoms with Crippen molar-refractivity contribution in [2.24, 2.45) is 0 Å². The number of amides is 1. The van der Waals surface area contributed by atoms with Crippen molar-refractivity contribution in [1.29, 1.82) is 0 Å². The normalized spacial score (nSPS) is 11.0. The van der Waals surface area contributed by atoms with Gasteiger partial charge in [0.1, 0.15) is 11.3 Å². The monoisotopic (exact) mass is 379 g/mol. The number of rotatable bonds is 8. The number of carbonyl (C=O) groups excluding carboxylic acids is 1. The minimum absolute atomic E-state index is 0.0784.